The summed E-state index contributed by atoms with van der Waals surface area (Å²) >= 11 is 0. The minimum Gasteiger partial charge on any atom is -0.325 e. The van der Waals surface area contributed by atoms with Crippen molar-refractivity contribution in [3.05, 3.63) is 36.5 Å². The van der Waals surface area contributed by atoms with E-state index in [-0.39, 0.29) is 0 Å². The van der Waals surface area contributed by atoms with Gasteiger partial charge in [-0.1, -0.05) is 0 Å². The topological polar surface area (TPSA) is 93.4 Å². The van der Waals surface area contributed by atoms with Crippen LogP contribution in [0.15, 0.2) is 30.9 Å². The molecule has 3 aromatic rings. The smallest absolute Gasteiger partial charge is 0.155 e. The van der Waals surface area contributed by atoms with Crippen LogP contribution >= 0.6 is 0 Å². The van der Waals surface area contributed by atoms with E-state index in [1.165, 1.54) is 0 Å². The predicted molar refractivity (Wildman–Crippen MR) is 62.8 cm³/mol. The van der Waals surface area contributed by atoms with E-state index in [0.29, 0.717) is 6.54 Å². The van der Waals surface area contributed by atoms with Crippen molar-refractivity contribution in [2.24, 2.45) is 5.73 Å². The molecular formula is C11H10N6. The Morgan fingerprint density at radius 2 is 2.00 bits per heavy atom. The molecule has 3 N–H and O–H groups in total. The number of fused-ring (bicyclic) bond motifs is 1. The number of rotatable bonds is 2. The number of H-pyrrole nitrogens is 1. The summed E-state index contributed by atoms with van der Waals surface area (Å²) in [6, 6.07) is 1.97. The van der Waals surface area contributed by atoms with Gasteiger partial charge in [-0.25, -0.2) is 4.98 Å². The molecule has 3 heterocycles. The zero-order valence-corrected chi connectivity index (χ0v) is 8.96. The summed E-state index contributed by atoms with van der Waals surface area (Å²) in [6.45, 7) is 0.395. The van der Waals surface area contributed by atoms with Crippen LogP contribution in [-0.2, 0) is 6.54 Å². The van der Waals surface area contributed by atoms with Crippen molar-refractivity contribution in [3.8, 4) is 11.3 Å². The maximum atomic E-state index is 5.47. The van der Waals surface area contributed by atoms with Gasteiger partial charge in [0.05, 0.1) is 30.0 Å². The molecule has 0 aliphatic heterocycles. The molecule has 0 aliphatic carbocycles. The first kappa shape index (κ1) is 9.86. The van der Waals surface area contributed by atoms with Gasteiger partial charge in [0.1, 0.15) is 0 Å². The van der Waals surface area contributed by atoms with Crippen LogP contribution in [0, 0.1) is 0 Å². The van der Waals surface area contributed by atoms with E-state index in [1.807, 2.05) is 6.07 Å². The lowest BCUT2D eigenvalue weighted by Gasteiger charge is -2.01. The summed E-state index contributed by atoms with van der Waals surface area (Å²) in [6.07, 6.45) is 6.85. The van der Waals surface area contributed by atoms with Gasteiger partial charge in [0.25, 0.3) is 0 Å². The Morgan fingerprint density at radius 3 is 2.76 bits per heavy atom. The summed E-state index contributed by atoms with van der Waals surface area (Å²) in [5.74, 6) is 0. The zero-order valence-electron chi connectivity index (χ0n) is 8.96. The average Bonchev–Trinajstić information content (AvgIpc) is 2.86. The number of nitrogens with two attached hydrogens (primary N) is 1. The van der Waals surface area contributed by atoms with Crippen LogP contribution in [0.5, 0.6) is 0 Å². The molecule has 0 radical (unpaired) electrons. The molecule has 0 saturated carbocycles. The molecule has 0 fully saturated rings. The van der Waals surface area contributed by atoms with E-state index >= 15 is 0 Å². The van der Waals surface area contributed by atoms with Gasteiger partial charge in [-0.2, -0.15) is 5.10 Å². The second-order valence-corrected chi connectivity index (χ2v) is 3.63. The van der Waals surface area contributed by atoms with Crippen LogP contribution in [-0.4, -0.2) is 25.1 Å². The van der Waals surface area contributed by atoms with Crippen molar-refractivity contribution in [3.63, 3.8) is 0 Å². The highest BCUT2D eigenvalue weighted by Gasteiger charge is 2.03. The monoisotopic (exact) mass is 226 g/mol. The van der Waals surface area contributed by atoms with E-state index in [2.05, 4.69) is 25.1 Å². The van der Waals surface area contributed by atoms with Gasteiger partial charge in [0.2, 0.25) is 0 Å². The summed E-state index contributed by atoms with van der Waals surface area (Å²) in [4.78, 5) is 12.8. The van der Waals surface area contributed by atoms with Crippen molar-refractivity contribution >= 4 is 11.0 Å². The first-order valence-corrected chi connectivity index (χ1v) is 5.17. The van der Waals surface area contributed by atoms with Gasteiger partial charge in [-0.15, -0.1) is 0 Å². The summed E-state index contributed by atoms with van der Waals surface area (Å²) in [7, 11) is 0. The van der Waals surface area contributed by atoms with Crippen LogP contribution in [0.2, 0.25) is 0 Å². The molecule has 3 aromatic heterocycles. The van der Waals surface area contributed by atoms with E-state index in [0.717, 1.165) is 28.0 Å². The minimum absolute atomic E-state index is 0.395. The summed E-state index contributed by atoms with van der Waals surface area (Å²) in [5.41, 5.74) is 8.69. The number of aromatic nitrogens is 5. The lowest BCUT2D eigenvalue weighted by molar-refractivity contribution is 0.965. The summed E-state index contributed by atoms with van der Waals surface area (Å²) in [5, 5.41) is 7.68. The van der Waals surface area contributed by atoms with Crippen molar-refractivity contribution in [1.82, 2.24) is 25.1 Å². The third kappa shape index (κ3) is 1.74. The fourth-order valence-corrected chi connectivity index (χ4v) is 1.59. The highest BCUT2D eigenvalue weighted by atomic mass is 15.1. The number of aromatic amines is 1. The van der Waals surface area contributed by atoms with E-state index in [1.54, 1.807) is 24.8 Å². The van der Waals surface area contributed by atoms with Crippen molar-refractivity contribution in [2.45, 2.75) is 6.54 Å². The van der Waals surface area contributed by atoms with E-state index in [9.17, 15) is 0 Å². The number of hydrogen-bond acceptors (Lipinski definition) is 5. The highest BCUT2D eigenvalue weighted by molar-refractivity contribution is 5.79. The Bertz CT molecular complexity index is 642. The minimum atomic E-state index is 0.395. The molecule has 0 saturated heterocycles. The second-order valence-electron chi connectivity index (χ2n) is 3.63. The SMILES string of the molecule is NCc1cnc(-c2cnc3[nH]ncc3c2)cn1. The van der Waals surface area contributed by atoms with Gasteiger partial charge in [-0.3, -0.25) is 15.1 Å². The highest BCUT2D eigenvalue weighted by Crippen LogP contribution is 2.18. The van der Waals surface area contributed by atoms with Gasteiger partial charge >= 0.3 is 0 Å². The summed E-state index contributed by atoms with van der Waals surface area (Å²) < 4.78 is 0. The van der Waals surface area contributed by atoms with Crippen molar-refractivity contribution in [2.75, 3.05) is 0 Å². The standard InChI is InChI=1S/C11H10N6/c12-2-9-5-14-10(6-13-9)7-1-8-4-16-17-11(8)15-3-7/h1,3-6H,2,12H2,(H,15,16,17). The molecule has 84 valence electrons. The number of nitrogens with zero attached hydrogens (tertiary/aromatic N) is 4. The maximum absolute atomic E-state index is 5.47. The molecule has 3 rings (SSSR count). The first-order valence-electron chi connectivity index (χ1n) is 5.17. The Labute approximate surface area is 96.9 Å². The fraction of sp³-hybridized carbons (Fsp3) is 0.0909. The van der Waals surface area contributed by atoms with E-state index < -0.39 is 0 Å². The van der Waals surface area contributed by atoms with Crippen LogP contribution in [0.25, 0.3) is 22.3 Å². The van der Waals surface area contributed by atoms with Gasteiger partial charge in [-0.05, 0) is 6.07 Å². The van der Waals surface area contributed by atoms with Gasteiger partial charge < -0.3 is 5.73 Å². The van der Waals surface area contributed by atoms with Crippen LogP contribution in [0.3, 0.4) is 0 Å². The first-order chi connectivity index (χ1) is 8.36. The predicted octanol–water partition coefficient (Wildman–Crippen LogP) is 0.874. The maximum Gasteiger partial charge on any atom is 0.155 e. The van der Waals surface area contributed by atoms with Gasteiger partial charge in [0, 0.05) is 23.7 Å². The molecule has 0 atom stereocenters. The lowest BCUT2D eigenvalue weighted by Crippen LogP contribution is -2.00. The molecule has 0 amide bonds. The zero-order chi connectivity index (χ0) is 11.7. The molecule has 17 heavy (non-hydrogen) atoms. The van der Waals surface area contributed by atoms with Crippen molar-refractivity contribution < 1.29 is 0 Å². The van der Waals surface area contributed by atoms with Crippen LogP contribution in [0.4, 0.5) is 0 Å². The molecular weight excluding hydrogens is 216 g/mol. The third-order valence-electron chi connectivity index (χ3n) is 2.50. The molecule has 0 spiro atoms. The second kappa shape index (κ2) is 3.91. The van der Waals surface area contributed by atoms with E-state index in [4.69, 9.17) is 5.73 Å². The number of pyridine rings is 1. The van der Waals surface area contributed by atoms with Crippen molar-refractivity contribution in [1.29, 1.82) is 0 Å². The quantitative estimate of drug-likeness (QED) is 0.676. The van der Waals surface area contributed by atoms with Crippen LogP contribution < -0.4 is 5.73 Å². The number of nitrogens with one attached hydrogen (secondary N) is 1. The Kier molecular flexibility index (Phi) is 2.27. The normalized spacial score (nSPS) is 10.9. The Morgan fingerprint density at radius 1 is 1.06 bits per heavy atom. The molecule has 0 aliphatic rings. The molecule has 6 heteroatoms. The van der Waals surface area contributed by atoms with Gasteiger partial charge in [0.15, 0.2) is 5.65 Å². The number of hydrogen-bond donors (Lipinski definition) is 2. The molecule has 0 aromatic carbocycles. The molecule has 6 nitrogen and oxygen atoms in total. The molecule has 0 unspecified atom stereocenters. The third-order valence-corrected chi connectivity index (χ3v) is 2.50. The Hall–Kier alpha value is -2.34. The largest absolute Gasteiger partial charge is 0.325 e. The Balaban J connectivity index is 2.06. The fourth-order valence-electron chi connectivity index (χ4n) is 1.59. The average molecular weight is 226 g/mol. The van der Waals surface area contributed by atoms with Crippen LogP contribution in [0.1, 0.15) is 5.69 Å². The molecule has 0 bridgehead atoms. The lowest BCUT2D eigenvalue weighted by atomic mass is 10.2.